The zero-order valence-corrected chi connectivity index (χ0v) is 9.15. The Kier molecular flexibility index (Phi) is 3.43. The molecule has 1 unspecified atom stereocenters. The Balaban J connectivity index is 2.08. The van der Waals surface area contributed by atoms with Crippen molar-refractivity contribution in [3.05, 3.63) is 66.2 Å². The second-order valence-electron chi connectivity index (χ2n) is 3.31. The van der Waals surface area contributed by atoms with Crippen molar-refractivity contribution < 1.29 is 4.55 Å². The van der Waals surface area contributed by atoms with E-state index in [1.807, 2.05) is 60.7 Å². The van der Waals surface area contributed by atoms with E-state index in [1.54, 1.807) is 0 Å². The summed E-state index contributed by atoms with van der Waals surface area (Å²) in [6.07, 6.45) is 0. The van der Waals surface area contributed by atoms with E-state index in [1.165, 1.54) is 5.56 Å². The summed E-state index contributed by atoms with van der Waals surface area (Å²) >= 11 is -0.684. The van der Waals surface area contributed by atoms with Gasteiger partial charge in [0.1, 0.15) is 0 Å². The van der Waals surface area contributed by atoms with Gasteiger partial charge in [0.15, 0.2) is 21.8 Å². The van der Waals surface area contributed by atoms with Crippen molar-refractivity contribution in [2.75, 3.05) is 0 Å². The SMILES string of the molecule is O[S+](Cc1ccccc1)c1ccccc1. The summed E-state index contributed by atoms with van der Waals surface area (Å²) < 4.78 is 10.0. The molecule has 0 bridgehead atoms. The first-order valence-electron chi connectivity index (χ1n) is 4.85. The summed E-state index contributed by atoms with van der Waals surface area (Å²) in [6.45, 7) is 0. The molecule has 2 aromatic rings. The molecule has 0 aliphatic heterocycles. The standard InChI is InChI=1S/C13H13OS/c14-15(13-9-5-2-6-10-13)11-12-7-3-1-4-8-12/h1-10,14H,11H2/q+1. The monoisotopic (exact) mass is 217 g/mol. The molecule has 0 fully saturated rings. The fourth-order valence-corrected chi connectivity index (χ4v) is 2.54. The minimum absolute atomic E-state index is 0.684. The van der Waals surface area contributed by atoms with E-state index in [-0.39, 0.29) is 0 Å². The highest BCUT2D eigenvalue weighted by atomic mass is 32.2. The van der Waals surface area contributed by atoms with Gasteiger partial charge in [-0.1, -0.05) is 48.5 Å². The first-order chi connectivity index (χ1) is 7.36. The predicted octanol–water partition coefficient (Wildman–Crippen LogP) is 3.34. The maximum Gasteiger partial charge on any atom is 0.190 e. The number of benzene rings is 2. The molecule has 0 saturated carbocycles. The quantitative estimate of drug-likeness (QED) is 0.782. The van der Waals surface area contributed by atoms with Crippen molar-refractivity contribution >= 4 is 11.2 Å². The molecule has 1 nitrogen and oxygen atoms in total. The van der Waals surface area contributed by atoms with Crippen LogP contribution in [0.3, 0.4) is 0 Å². The number of hydrogen-bond acceptors (Lipinski definition) is 1. The molecule has 2 rings (SSSR count). The van der Waals surface area contributed by atoms with Crippen molar-refractivity contribution in [1.29, 1.82) is 0 Å². The fourth-order valence-electron chi connectivity index (χ4n) is 1.39. The second kappa shape index (κ2) is 5.01. The molecule has 0 saturated heterocycles. The molecular formula is C13H13OS+. The third kappa shape index (κ3) is 2.85. The van der Waals surface area contributed by atoms with E-state index in [9.17, 15) is 4.55 Å². The van der Waals surface area contributed by atoms with Gasteiger partial charge in [0.2, 0.25) is 0 Å². The molecule has 0 amide bonds. The van der Waals surface area contributed by atoms with E-state index in [4.69, 9.17) is 0 Å². The maximum absolute atomic E-state index is 10.0. The molecule has 1 N–H and O–H groups in total. The Morgan fingerprint density at radius 2 is 1.33 bits per heavy atom. The van der Waals surface area contributed by atoms with Crippen LogP contribution in [-0.2, 0) is 16.9 Å². The Morgan fingerprint density at radius 1 is 0.800 bits per heavy atom. The van der Waals surface area contributed by atoms with Crippen molar-refractivity contribution in [3.8, 4) is 0 Å². The summed E-state index contributed by atoms with van der Waals surface area (Å²) in [5.41, 5.74) is 1.17. The Hall–Kier alpha value is -1.25. The lowest BCUT2D eigenvalue weighted by molar-refractivity contribution is 0.637. The third-order valence-corrected chi connectivity index (χ3v) is 3.58. The molecule has 0 aliphatic rings. The van der Waals surface area contributed by atoms with Crippen LogP contribution in [0.25, 0.3) is 0 Å². The van der Waals surface area contributed by atoms with Crippen LogP contribution in [0.1, 0.15) is 5.56 Å². The van der Waals surface area contributed by atoms with Crippen LogP contribution in [0.2, 0.25) is 0 Å². The summed E-state index contributed by atoms with van der Waals surface area (Å²) in [4.78, 5) is 1.00. The van der Waals surface area contributed by atoms with Gasteiger partial charge < -0.3 is 0 Å². The third-order valence-electron chi connectivity index (χ3n) is 2.16. The summed E-state index contributed by atoms with van der Waals surface area (Å²) in [5.74, 6) is 0.699. The van der Waals surface area contributed by atoms with Crippen molar-refractivity contribution in [2.45, 2.75) is 10.6 Å². The van der Waals surface area contributed by atoms with Gasteiger partial charge in [-0.15, -0.1) is 0 Å². The summed E-state index contributed by atoms with van der Waals surface area (Å²) in [6, 6.07) is 19.9. The van der Waals surface area contributed by atoms with Crippen LogP contribution in [0.5, 0.6) is 0 Å². The molecule has 0 heterocycles. The number of rotatable bonds is 3. The van der Waals surface area contributed by atoms with Crippen LogP contribution in [0.4, 0.5) is 0 Å². The molecule has 1 atom stereocenters. The van der Waals surface area contributed by atoms with Gasteiger partial charge >= 0.3 is 0 Å². The normalized spacial score (nSPS) is 12.3. The minimum Gasteiger partial charge on any atom is -0.181 e. The van der Waals surface area contributed by atoms with E-state index in [2.05, 4.69) is 0 Å². The highest BCUT2D eigenvalue weighted by Crippen LogP contribution is 2.15. The molecule has 0 aliphatic carbocycles. The average Bonchev–Trinajstić information content (AvgIpc) is 2.31. The lowest BCUT2D eigenvalue weighted by Gasteiger charge is -1.99. The van der Waals surface area contributed by atoms with Crippen LogP contribution in [0, 0.1) is 0 Å². The predicted molar refractivity (Wildman–Crippen MR) is 64.8 cm³/mol. The second-order valence-corrected chi connectivity index (χ2v) is 4.80. The summed E-state index contributed by atoms with van der Waals surface area (Å²) in [5, 5.41) is 0. The minimum atomic E-state index is -0.684. The summed E-state index contributed by atoms with van der Waals surface area (Å²) in [7, 11) is 0. The van der Waals surface area contributed by atoms with Gasteiger partial charge in [-0.3, -0.25) is 0 Å². The zero-order valence-electron chi connectivity index (χ0n) is 8.34. The molecule has 2 aromatic carbocycles. The van der Waals surface area contributed by atoms with Gasteiger partial charge in [0.25, 0.3) is 0 Å². The fraction of sp³-hybridized carbons (Fsp3) is 0.0769. The van der Waals surface area contributed by atoms with E-state index >= 15 is 0 Å². The first-order valence-corrected chi connectivity index (χ1v) is 6.20. The Bertz CT molecular complexity index is 399. The largest absolute Gasteiger partial charge is 0.190 e. The molecular weight excluding hydrogens is 204 g/mol. The van der Waals surface area contributed by atoms with Crippen LogP contribution < -0.4 is 0 Å². The van der Waals surface area contributed by atoms with Crippen LogP contribution in [-0.4, -0.2) is 4.55 Å². The van der Waals surface area contributed by atoms with Crippen molar-refractivity contribution in [3.63, 3.8) is 0 Å². The average molecular weight is 217 g/mol. The lowest BCUT2D eigenvalue weighted by Crippen LogP contribution is -2.03. The topological polar surface area (TPSA) is 20.2 Å². The first kappa shape index (κ1) is 10.3. The maximum atomic E-state index is 10.0. The highest BCUT2D eigenvalue weighted by molar-refractivity contribution is 7.90. The highest BCUT2D eigenvalue weighted by Gasteiger charge is 2.18. The Morgan fingerprint density at radius 3 is 1.93 bits per heavy atom. The molecule has 0 spiro atoms. The zero-order chi connectivity index (χ0) is 10.5. The van der Waals surface area contributed by atoms with Gasteiger partial charge in [0, 0.05) is 5.56 Å². The van der Waals surface area contributed by atoms with Crippen molar-refractivity contribution in [1.82, 2.24) is 0 Å². The van der Waals surface area contributed by atoms with Crippen molar-refractivity contribution in [2.24, 2.45) is 0 Å². The van der Waals surface area contributed by atoms with E-state index in [0.29, 0.717) is 5.75 Å². The smallest absolute Gasteiger partial charge is 0.181 e. The van der Waals surface area contributed by atoms with E-state index < -0.39 is 11.2 Å². The van der Waals surface area contributed by atoms with Crippen LogP contribution in [0.15, 0.2) is 65.6 Å². The molecule has 0 aromatic heterocycles. The molecule has 76 valence electrons. The van der Waals surface area contributed by atoms with Gasteiger partial charge in [0.05, 0.1) is 0 Å². The van der Waals surface area contributed by atoms with E-state index in [0.717, 1.165) is 4.90 Å². The van der Waals surface area contributed by atoms with Crippen LogP contribution >= 0.6 is 0 Å². The molecule has 15 heavy (non-hydrogen) atoms. The number of hydrogen-bond donors (Lipinski definition) is 1. The van der Waals surface area contributed by atoms with Gasteiger partial charge in [-0.2, -0.15) is 4.55 Å². The Labute approximate surface area is 92.9 Å². The van der Waals surface area contributed by atoms with Gasteiger partial charge in [-0.05, 0) is 12.1 Å². The molecule has 2 heteroatoms. The van der Waals surface area contributed by atoms with Gasteiger partial charge in [-0.25, -0.2) is 0 Å². The lowest BCUT2D eigenvalue weighted by atomic mass is 10.2. The molecule has 0 radical (unpaired) electrons.